The first kappa shape index (κ1) is 14.8. The van der Waals surface area contributed by atoms with Crippen LogP contribution in [0.3, 0.4) is 0 Å². The van der Waals surface area contributed by atoms with E-state index in [-0.39, 0.29) is 18.6 Å². The molecule has 1 saturated heterocycles. The monoisotopic (exact) mass is 268 g/mol. The highest BCUT2D eigenvalue weighted by atomic mass is 16.3. The van der Waals surface area contributed by atoms with Crippen LogP contribution in [-0.2, 0) is 4.79 Å². The Morgan fingerprint density at radius 1 is 1.37 bits per heavy atom. The summed E-state index contributed by atoms with van der Waals surface area (Å²) < 4.78 is 0. The minimum Gasteiger partial charge on any atom is -0.396 e. The van der Waals surface area contributed by atoms with Crippen molar-refractivity contribution < 1.29 is 9.90 Å². The first-order valence-electron chi connectivity index (χ1n) is 7.80. The van der Waals surface area contributed by atoms with Crippen molar-refractivity contribution >= 4 is 5.91 Å². The predicted octanol–water partition coefficient (Wildman–Crippen LogP) is 1.51. The average molecular weight is 268 g/mol. The standard InChI is InChI=1S/C15H28N2O2/c1-11-10-12(6-7-14(11)16)15(19)17-8-2-4-13(17)5-3-9-18/h11-14,18H,2-10,16H2,1H3. The van der Waals surface area contributed by atoms with Gasteiger partial charge in [-0.15, -0.1) is 0 Å². The lowest BCUT2D eigenvalue weighted by molar-refractivity contribution is -0.138. The minimum absolute atomic E-state index is 0.185. The van der Waals surface area contributed by atoms with Crippen molar-refractivity contribution in [3.8, 4) is 0 Å². The highest BCUT2D eigenvalue weighted by Crippen LogP contribution is 2.32. The summed E-state index contributed by atoms with van der Waals surface area (Å²) in [5.74, 6) is 0.991. The van der Waals surface area contributed by atoms with Crippen LogP contribution >= 0.6 is 0 Å². The molecular formula is C15H28N2O2. The van der Waals surface area contributed by atoms with Crippen molar-refractivity contribution in [2.24, 2.45) is 17.6 Å². The molecule has 1 aliphatic heterocycles. The molecule has 1 saturated carbocycles. The van der Waals surface area contributed by atoms with Gasteiger partial charge in [0.1, 0.15) is 0 Å². The van der Waals surface area contributed by atoms with Crippen LogP contribution in [0.25, 0.3) is 0 Å². The van der Waals surface area contributed by atoms with E-state index in [9.17, 15) is 4.79 Å². The summed E-state index contributed by atoms with van der Waals surface area (Å²) >= 11 is 0. The third-order valence-corrected chi connectivity index (χ3v) is 4.94. The van der Waals surface area contributed by atoms with Gasteiger partial charge in [-0.2, -0.15) is 0 Å². The normalized spacial score (nSPS) is 35.6. The van der Waals surface area contributed by atoms with Crippen LogP contribution in [0.2, 0.25) is 0 Å². The number of nitrogens with zero attached hydrogens (tertiary/aromatic N) is 1. The first-order chi connectivity index (χ1) is 9.13. The fourth-order valence-electron chi connectivity index (χ4n) is 3.63. The number of amides is 1. The number of rotatable bonds is 4. The molecule has 2 fully saturated rings. The molecule has 0 aromatic heterocycles. The average Bonchev–Trinajstić information content (AvgIpc) is 2.87. The predicted molar refractivity (Wildman–Crippen MR) is 75.5 cm³/mol. The summed E-state index contributed by atoms with van der Waals surface area (Å²) in [7, 11) is 0. The number of aliphatic hydroxyl groups excluding tert-OH is 1. The Bertz CT molecular complexity index is 309. The van der Waals surface area contributed by atoms with E-state index >= 15 is 0 Å². The zero-order chi connectivity index (χ0) is 13.8. The molecule has 3 N–H and O–H groups in total. The van der Waals surface area contributed by atoms with Crippen molar-refractivity contribution in [1.29, 1.82) is 0 Å². The van der Waals surface area contributed by atoms with Crippen LogP contribution < -0.4 is 5.73 Å². The van der Waals surface area contributed by atoms with Gasteiger partial charge in [0.15, 0.2) is 0 Å². The molecular weight excluding hydrogens is 240 g/mol. The Morgan fingerprint density at radius 2 is 2.16 bits per heavy atom. The van der Waals surface area contributed by atoms with Gasteiger partial charge in [0.2, 0.25) is 5.91 Å². The molecule has 1 heterocycles. The maximum Gasteiger partial charge on any atom is 0.225 e. The number of nitrogens with two attached hydrogens (primary N) is 1. The third-order valence-electron chi connectivity index (χ3n) is 4.94. The van der Waals surface area contributed by atoms with Crippen molar-refractivity contribution in [2.75, 3.05) is 13.2 Å². The molecule has 1 amide bonds. The van der Waals surface area contributed by atoms with Gasteiger partial charge in [0.25, 0.3) is 0 Å². The van der Waals surface area contributed by atoms with Crippen LogP contribution in [0.1, 0.15) is 51.9 Å². The fourth-order valence-corrected chi connectivity index (χ4v) is 3.63. The van der Waals surface area contributed by atoms with Gasteiger partial charge in [-0.3, -0.25) is 4.79 Å². The van der Waals surface area contributed by atoms with E-state index in [1.807, 2.05) is 0 Å². The minimum atomic E-state index is 0.185. The Balaban J connectivity index is 1.91. The van der Waals surface area contributed by atoms with E-state index in [0.717, 1.165) is 51.5 Å². The zero-order valence-electron chi connectivity index (χ0n) is 12.1. The topological polar surface area (TPSA) is 66.6 Å². The lowest BCUT2D eigenvalue weighted by Gasteiger charge is -2.35. The van der Waals surface area contributed by atoms with Gasteiger partial charge < -0.3 is 15.7 Å². The third kappa shape index (κ3) is 3.48. The summed E-state index contributed by atoms with van der Waals surface area (Å²) in [5, 5.41) is 8.95. The zero-order valence-corrected chi connectivity index (χ0v) is 12.1. The maximum absolute atomic E-state index is 12.6. The van der Waals surface area contributed by atoms with Gasteiger partial charge in [0, 0.05) is 31.2 Å². The van der Waals surface area contributed by atoms with Crippen LogP contribution in [0.15, 0.2) is 0 Å². The fraction of sp³-hybridized carbons (Fsp3) is 0.933. The van der Waals surface area contributed by atoms with Crippen molar-refractivity contribution in [3.05, 3.63) is 0 Å². The highest BCUT2D eigenvalue weighted by Gasteiger charge is 2.36. The van der Waals surface area contributed by atoms with Gasteiger partial charge in [-0.25, -0.2) is 0 Å². The Morgan fingerprint density at radius 3 is 2.84 bits per heavy atom. The van der Waals surface area contributed by atoms with Gasteiger partial charge in [-0.05, 0) is 50.9 Å². The molecule has 0 bridgehead atoms. The number of likely N-dealkylation sites (tertiary alicyclic amines) is 1. The Kier molecular flexibility index (Phi) is 5.22. The molecule has 2 rings (SSSR count). The summed E-state index contributed by atoms with van der Waals surface area (Å²) in [6.45, 7) is 3.30. The smallest absolute Gasteiger partial charge is 0.225 e. The lowest BCUT2D eigenvalue weighted by Crippen LogP contribution is -2.44. The van der Waals surface area contributed by atoms with Gasteiger partial charge >= 0.3 is 0 Å². The molecule has 4 nitrogen and oxygen atoms in total. The van der Waals surface area contributed by atoms with E-state index in [1.54, 1.807) is 0 Å². The number of hydrogen-bond acceptors (Lipinski definition) is 3. The molecule has 2 aliphatic rings. The number of carbonyl (C=O) groups excluding carboxylic acids is 1. The quantitative estimate of drug-likeness (QED) is 0.812. The Labute approximate surface area is 116 Å². The maximum atomic E-state index is 12.6. The number of hydrogen-bond donors (Lipinski definition) is 2. The second-order valence-corrected chi connectivity index (χ2v) is 6.34. The second kappa shape index (κ2) is 6.71. The molecule has 0 spiro atoms. The summed E-state index contributed by atoms with van der Waals surface area (Å²) in [6, 6.07) is 0.637. The van der Waals surface area contributed by atoms with Crippen LogP contribution in [0.4, 0.5) is 0 Å². The van der Waals surface area contributed by atoms with Gasteiger partial charge in [-0.1, -0.05) is 6.92 Å². The molecule has 110 valence electrons. The largest absolute Gasteiger partial charge is 0.396 e. The lowest BCUT2D eigenvalue weighted by atomic mass is 9.78. The summed E-state index contributed by atoms with van der Waals surface area (Å²) in [6.07, 6.45) is 6.85. The molecule has 0 radical (unpaired) electrons. The molecule has 19 heavy (non-hydrogen) atoms. The van der Waals surface area contributed by atoms with E-state index in [0.29, 0.717) is 17.9 Å². The van der Waals surface area contributed by atoms with E-state index in [2.05, 4.69) is 11.8 Å². The van der Waals surface area contributed by atoms with Crippen LogP contribution in [0, 0.1) is 11.8 Å². The molecule has 0 aromatic carbocycles. The molecule has 0 aromatic rings. The first-order valence-corrected chi connectivity index (χ1v) is 7.80. The SMILES string of the molecule is CC1CC(C(=O)N2CCCC2CCCO)CCC1N. The number of carbonyl (C=O) groups is 1. The molecule has 4 atom stereocenters. The molecule has 4 heteroatoms. The van der Waals surface area contributed by atoms with E-state index < -0.39 is 0 Å². The van der Waals surface area contributed by atoms with Gasteiger partial charge in [0.05, 0.1) is 0 Å². The van der Waals surface area contributed by atoms with E-state index in [1.165, 1.54) is 0 Å². The van der Waals surface area contributed by atoms with E-state index in [4.69, 9.17) is 10.8 Å². The van der Waals surface area contributed by atoms with Crippen molar-refractivity contribution in [3.63, 3.8) is 0 Å². The molecule has 1 aliphatic carbocycles. The van der Waals surface area contributed by atoms with Crippen molar-refractivity contribution in [2.45, 2.75) is 64.0 Å². The summed E-state index contributed by atoms with van der Waals surface area (Å²) in [5.41, 5.74) is 6.03. The van der Waals surface area contributed by atoms with Crippen molar-refractivity contribution in [1.82, 2.24) is 4.90 Å². The van der Waals surface area contributed by atoms with Crippen LogP contribution in [-0.4, -0.2) is 41.1 Å². The summed E-state index contributed by atoms with van der Waals surface area (Å²) in [4.78, 5) is 14.7. The number of aliphatic hydroxyl groups is 1. The molecule has 4 unspecified atom stereocenters. The van der Waals surface area contributed by atoms with Crippen LogP contribution in [0.5, 0.6) is 0 Å². The second-order valence-electron chi connectivity index (χ2n) is 6.34. The Hall–Kier alpha value is -0.610. The highest BCUT2D eigenvalue weighted by molar-refractivity contribution is 5.79.